The van der Waals surface area contributed by atoms with Crippen molar-refractivity contribution in [3.8, 4) is 17.7 Å². The third-order valence-electron chi connectivity index (χ3n) is 4.72. The van der Waals surface area contributed by atoms with Gasteiger partial charge in [0.2, 0.25) is 5.88 Å². The minimum Gasteiger partial charge on any atom is -0.506 e. The van der Waals surface area contributed by atoms with Gasteiger partial charge in [-0.3, -0.25) is 4.79 Å². The minimum absolute atomic E-state index is 0.00531. The van der Waals surface area contributed by atoms with Gasteiger partial charge in [-0.1, -0.05) is 0 Å². The highest BCUT2D eigenvalue weighted by molar-refractivity contribution is 7.92. The fourth-order valence-corrected chi connectivity index (χ4v) is 4.13. The molecular formula is C16H14FN5O5S. The number of hydrogen-bond donors (Lipinski definition) is 2. The third-order valence-corrected chi connectivity index (χ3v) is 6.10. The Bertz CT molecular complexity index is 1140. The Morgan fingerprint density at radius 1 is 1.46 bits per heavy atom. The molecule has 0 atom stereocenters. The van der Waals surface area contributed by atoms with Crippen LogP contribution in [0.5, 0.6) is 11.6 Å². The molecule has 146 valence electrons. The summed E-state index contributed by atoms with van der Waals surface area (Å²) in [5, 5.41) is 18.9. The van der Waals surface area contributed by atoms with E-state index < -0.39 is 39.9 Å². The van der Waals surface area contributed by atoms with E-state index in [0.717, 1.165) is 18.9 Å². The van der Waals surface area contributed by atoms with Crippen LogP contribution in [0.2, 0.25) is 0 Å². The predicted octanol–water partition coefficient (Wildman–Crippen LogP) is 0.728. The second-order valence-electron chi connectivity index (χ2n) is 6.79. The zero-order valence-electron chi connectivity index (χ0n) is 14.3. The fourth-order valence-electron chi connectivity index (χ4n) is 2.97. The number of aromatic nitrogens is 2. The second-order valence-corrected chi connectivity index (χ2v) is 8.39. The number of phenolic OH excluding ortho intramolecular Hbond substituents is 1. The molecule has 28 heavy (non-hydrogen) atoms. The van der Waals surface area contributed by atoms with E-state index in [1.807, 2.05) is 0 Å². The summed E-state index contributed by atoms with van der Waals surface area (Å²) < 4.78 is 46.7. The molecule has 2 heterocycles. The number of anilines is 1. The maximum atomic E-state index is 15.0. The summed E-state index contributed by atoms with van der Waals surface area (Å²) in [6.07, 6.45) is 3.29. The van der Waals surface area contributed by atoms with Crippen LogP contribution < -0.4 is 13.8 Å². The number of ether oxygens (including phenoxy) is 1. The Labute approximate surface area is 158 Å². The van der Waals surface area contributed by atoms with Crippen LogP contribution in [-0.4, -0.2) is 42.6 Å². The monoisotopic (exact) mass is 407 g/mol. The molecule has 0 unspecified atom stereocenters. The molecule has 1 aromatic heterocycles. The number of rotatable bonds is 5. The summed E-state index contributed by atoms with van der Waals surface area (Å²) in [6.45, 7) is -0.440. The maximum Gasteiger partial charge on any atom is 0.326 e. The van der Waals surface area contributed by atoms with Crippen LogP contribution in [0.15, 0.2) is 12.3 Å². The number of carbonyl (C=O) groups is 1. The highest BCUT2D eigenvalue weighted by Gasteiger charge is 2.43. The van der Waals surface area contributed by atoms with Crippen LogP contribution in [-0.2, 0) is 15.0 Å². The van der Waals surface area contributed by atoms with Gasteiger partial charge in [0.05, 0.1) is 24.4 Å². The van der Waals surface area contributed by atoms with Gasteiger partial charge in [0.15, 0.2) is 5.82 Å². The van der Waals surface area contributed by atoms with Gasteiger partial charge in [-0.15, -0.1) is 0 Å². The largest absolute Gasteiger partial charge is 0.506 e. The van der Waals surface area contributed by atoms with Crippen molar-refractivity contribution in [2.75, 3.05) is 17.5 Å². The Balaban J connectivity index is 1.71. The van der Waals surface area contributed by atoms with Crippen LogP contribution in [0.3, 0.4) is 0 Å². The van der Waals surface area contributed by atoms with Crippen molar-refractivity contribution >= 4 is 32.8 Å². The molecule has 1 saturated heterocycles. The zero-order valence-corrected chi connectivity index (χ0v) is 15.2. The number of amides is 1. The van der Waals surface area contributed by atoms with Crippen LogP contribution in [0.1, 0.15) is 19.3 Å². The second kappa shape index (κ2) is 6.16. The molecule has 12 heteroatoms. The Morgan fingerprint density at radius 3 is 2.82 bits per heavy atom. The first-order valence-electron chi connectivity index (χ1n) is 8.26. The lowest BCUT2D eigenvalue weighted by Gasteiger charge is -2.18. The summed E-state index contributed by atoms with van der Waals surface area (Å²) in [4.78, 5) is 19.4. The molecule has 2 fully saturated rings. The zero-order chi connectivity index (χ0) is 20.1. The van der Waals surface area contributed by atoms with Crippen molar-refractivity contribution in [1.82, 2.24) is 14.7 Å². The summed E-state index contributed by atoms with van der Waals surface area (Å²) in [5.74, 6) is -2.69. The molecule has 2 aromatic rings. The van der Waals surface area contributed by atoms with E-state index in [1.54, 1.807) is 4.72 Å². The van der Waals surface area contributed by atoms with Gasteiger partial charge in [-0.05, 0) is 12.8 Å². The number of nitriles is 1. The first-order chi connectivity index (χ1) is 13.2. The highest BCUT2D eigenvalue weighted by atomic mass is 32.2. The van der Waals surface area contributed by atoms with Gasteiger partial charge in [0.1, 0.15) is 23.5 Å². The molecule has 1 amide bonds. The van der Waals surface area contributed by atoms with Gasteiger partial charge in [0, 0.05) is 17.9 Å². The molecule has 2 N–H and O–H groups in total. The van der Waals surface area contributed by atoms with E-state index in [1.165, 1.54) is 6.20 Å². The Hall–Kier alpha value is -3.20. The lowest BCUT2D eigenvalue weighted by Crippen LogP contribution is -2.30. The van der Waals surface area contributed by atoms with Gasteiger partial charge in [-0.25, -0.2) is 23.4 Å². The number of carbonyl (C=O) groups excluding carboxylic acids is 1. The van der Waals surface area contributed by atoms with Crippen LogP contribution in [0, 0.1) is 22.6 Å². The lowest BCUT2D eigenvalue weighted by atomic mass is 10.1. The number of phenols is 1. The number of halogens is 1. The average Bonchev–Trinajstić information content (AvgIpc) is 3.33. The molecule has 0 spiro atoms. The Morgan fingerprint density at radius 2 is 2.21 bits per heavy atom. The van der Waals surface area contributed by atoms with Crippen LogP contribution in [0.4, 0.5) is 10.1 Å². The first-order valence-corrected chi connectivity index (χ1v) is 9.70. The predicted molar refractivity (Wildman–Crippen MR) is 93.0 cm³/mol. The van der Waals surface area contributed by atoms with Crippen molar-refractivity contribution in [1.29, 1.82) is 5.26 Å². The molecule has 1 aliphatic carbocycles. The van der Waals surface area contributed by atoms with Crippen molar-refractivity contribution in [2.45, 2.75) is 19.3 Å². The molecule has 10 nitrogen and oxygen atoms in total. The molecule has 0 radical (unpaired) electrons. The van der Waals surface area contributed by atoms with E-state index in [2.05, 4.69) is 16.0 Å². The standard InChI is InChI=1S/C16H14FN5O5S/c17-13-14-9(5-10(23)15(13)22-7-11(24)21-28(22,25)26)19-6-12(20-14)27-8-16(1-2-16)3-4-18/h5-6,23H,1-3,7-8H2,(H,21,24). The first kappa shape index (κ1) is 18.2. The van der Waals surface area contributed by atoms with Gasteiger partial charge in [0.25, 0.3) is 5.91 Å². The number of hydrogen-bond acceptors (Lipinski definition) is 8. The number of benzene rings is 1. The maximum absolute atomic E-state index is 15.0. The van der Waals surface area contributed by atoms with E-state index in [4.69, 9.17) is 10.00 Å². The smallest absolute Gasteiger partial charge is 0.326 e. The molecule has 1 aromatic carbocycles. The SMILES string of the molecule is N#CCC1(COc2cnc3cc(O)c(N4CC(=O)NS4(=O)=O)c(F)c3n2)CC1. The van der Waals surface area contributed by atoms with E-state index in [0.29, 0.717) is 10.7 Å². The normalized spacial score (nSPS) is 19.3. The third kappa shape index (κ3) is 3.03. The highest BCUT2D eigenvalue weighted by Crippen LogP contribution is 2.48. The van der Waals surface area contributed by atoms with Gasteiger partial charge < -0.3 is 9.84 Å². The molecule has 4 rings (SSSR count). The minimum atomic E-state index is -4.32. The molecule has 2 aliphatic rings. The van der Waals surface area contributed by atoms with Crippen molar-refractivity contribution in [2.24, 2.45) is 5.41 Å². The molecular weight excluding hydrogens is 393 g/mol. The van der Waals surface area contributed by atoms with E-state index >= 15 is 4.39 Å². The molecule has 1 saturated carbocycles. The quantitative estimate of drug-likeness (QED) is 0.738. The van der Waals surface area contributed by atoms with Crippen molar-refractivity contribution in [3.05, 3.63) is 18.1 Å². The number of nitrogens with one attached hydrogen (secondary N) is 1. The van der Waals surface area contributed by atoms with E-state index in [-0.39, 0.29) is 28.9 Å². The van der Waals surface area contributed by atoms with Crippen molar-refractivity contribution in [3.63, 3.8) is 0 Å². The molecule has 0 bridgehead atoms. The summed E-state index contributed by atoms with van der Waals surface area (Å²) in [5.41, 5.74) is -1.25. The number of nitrogens with zero attached hydrogens (tertiary/aromatic N) is 4. The number of aromatic hydroxyl groups is 1. The lowest BCUT2D eigenvalue weighted by molar-refractivity contribution is -0.117. The summed E-state index contributed by atoms with van der Waals surface area (Å²) in [6, 6.07) is 3.16. The van der Waals surface area contributed by atoms with Crippen LogP contribution in [0.25, 0.3) is 11.0 Å². The van der Waals surface area contributed by atoms with Crippen LogP contribution >= 0.6 is 0 Å². The summed E-state index contributed by atoms with van der Waals surface area (Å²) in [7, 11) is -4.32. The number of fused-ring (bicyclic) bond motifs is 1. The van der Waals surface area contributed by atoms with E-state index in [9.17, 15) is 18.3 Å². The average molecular weight is 407 g/mol. The summed E-state index contributed by atoms with van der Waals surface area (Å²) >= 11 is 0. The molecule has 1 aliphatic heterocycles. The van der Waals surface area contributed by atoms with Crippen molar-refractivity contribution < 1.29 is 27.4 Å². The fraction of sp³-hybridized carbons (Fsp3) is 0.375. The topological polar surface area (TPSA) is 146 Å². The van der Waals surface area contributed by atoms with Gasteiger partial charge in [-0.2, -0.15) is 13.7 Å². The Kier molecular flexibility index (Phi) is 4.00. The van der Waals surface area contributed by atoms with Gasteiger partial charge >= 0.3 is 10.2 Å².